The average Bonchev–Trinajstić information content (AvgIpc) is 2.34. The number of carbonyl (C=O) groups is 1. The predicted octanol–water partition coefficient (Wildman–Crippen LogP) is 0.951. The van der Waals surface area contributed by atoms with E-state index in [0.29, 0.717) is 6.61 Å². The van der Waals surface area contributed by atoms with Gasteiger partial charge in [-0.05, 0) is 0 Å². The Bertz CT molecular complexity index is 454. The molecule has 0 bridgehead atoms. The molecule has 0 aliphatic rings. The summed E-state index contributed by atoms with van der Waals surface area (Å²) in [6.45, 7) is 0.434. The third-order valence-electron chi connectivity index (χ3n) is 1.83. The van der Waals surface area contributed by atoms with Crippen LogP contribution in [0.4, 0.5) is 5.69 Å². The fourth-order valence-corrected chi connectivity index (χ4v) is 1.18. The van der Waals surface area contributed by atoms with Gasteiger partial charge >= 0.3 is 0 Å². The summed E-state index contributed by atoms with van der Waals surface area (Å²) in [4.78, 5) is 29.7. The maximum atomic E-state index is 11.6. The van der Waals surface area contributed by atoms with Crippen molar-refractivity contribution < 1.29 is 19.3 Å². The van der Waals surface area contributed by atoms with E-state index in [0.717, 1.165) is 12.3 Å². The largest absolute Gasteiger partial charge is 0.382 e. The number of nitrogens with zero attached hydrogens (tertiary/aromatic N) is 2. The Hall–Kier alpha value is -1.77. The van der Waals surface area contributed by atoms with Gasteiger partial charge < -0.3 is 4.74 Å². The van der Waals surface area contributed by atoms with E-state index in [2.05, 4.69) is 10.5 Å². The van der Waals surface area contributed by atoms with E-state index in [1.807, 2.05) is 0 Å². The van der Waals surface area contributed by atoms with Crippen LogP contribution in [0.5, 0.6) is 0 Å². The van der Waals surface area contributed by atoms with E-state index in [-0.39, 0.29) is 23.0 Å². The zero-order valence-electron chi connectivity index (χ0n) is 9.38. The molecule has 0 aliphatic carbocycles. The summed E-state index contributed by atoms with van der Waals surface area (Å²) < 4.78 is 4.70. The average molecular weight is 276 g/mol. The number of methoxy groups -OCH3 is 1. The monoisotopic (exact) mass is 275 g/mol. The lowest BCUT2D eigenvalue weighted by Crippen LogP contribution is -2.26. The predicted molar refractivity (Wildman–Crippen MR) is 61.2 cm³/mol. The van der Waals surface area contributed by atoms with Gasteiger partial charge in [-0.15, -0.1) is 0 Å². The van der Waals surface area contributed by atoms with Gasteiger partial charge in [0, 0.05) is 13.2 Å². The number of nitro groups is 1. The summed E-state index contributed by atoms with van der Waals surface area (Å²) in [7, 11) is 1.48. The molecule has 0 aliphatic heterocycles. The van der Waals surface area contributed by atoms with Crippen LogP contribution in [-0.4, -0.2) is 36.1 Å². The van der Waals surface area contributed by atoms with Crippen LogP contribution in [0.1, 0.15) is 10.4 Å². The van der Waals surface area contributed by atoms with E-state index < -0.39 is 10.8 Å². The number of hydroxylamine groups is 1. The van der Waals surface area contributed by atoms with E-state index in [9.17, 15) is 14.9 Å². The van der Waals surface area contributed by atoms with Crippen molar-refractivity contribution >= 4 is 23.2 Å². The highest BCUT2D eigenvalue weighted by Crippen LogP contribution is 2.18. The summed E-state index contributed by atoms with van der Waals surface area (Å²) in [5, 5.41) is 10.4. The molecule has 1 rings (SSSR count). The van der Waals surface area contributed by atoms with Gasteiger partial charge in [-0.2, -0.15) is 0 Å². The molecule has 1 aromatic rings. The molecule has 0 aromatic carbocycles. The summed E-state index contributed by atoms with van der Waals surface area (Å²) in [6.07, 6.45) is 0.963. The molecule has 1 amide bonds. The zero-order valence-corrected chi connectivity index (χ0v) is 10.1. The van der Waals surface area contributed by atoms with Crippen LogP contribution >= 0.6 is 11.6 Å². The van der Waals surface area contributed by atoms with Crippen molar-refractivity contribution in [2.24, 2.45) is 0 Å². The maximum Gasteiger partial charge on any atom is 0.288 e. The number of amides is 1. The minimum atomic E-state index is -0.715. The minimum Gasteiger partial charge on any atom is -0.382 e. The van der Waals surface area contributed by atoms with Gasteiger partial charge in [0.05, 0.1) is 23.7 Å². The standard InChI is InChI=1S/C9H10ClN3O5/c1-17-2-3-18-12-9(14)7-4-6(13(15)16)5-11-8(7)10/h4-5H,2-3H2,1H3,(H,12,14). The molecule has 1 aromatic heterocycles. The SMILES string of the molecule is COCCONC(=O)c1cc([N+](=O)[O-])cnc1Cl. The lowest BCUT2D eigenvalue weighted by molar-refractivity contribution is -0.385. The third-order valence-corrected chi connectivity index (χ3v) is 2.14. The normalized spacial score (nSPS) is 10.1. The molecule has 0 fully saturated rings. The molecule has 18 heavy (non-hydrogen) atoms. The topological polar surface area (TPSA) is 104 Å². The summed E-state index contributed by atoms with van der Waals surface area (Å²) in [6, 6.07) is 1.02. The van der Waals surface area contributed by atoms with Gasteiger partial charge in [-0.25, -0.2) is 10.5 Å². The van der Waals surface area contributed by atoms with Crippen LogP contribution < -0.4 is 5.48 Å². The van der Waals surface area contributed by atoms with Crippen LogP contribution in [-0.2, 0) is 9.57 Å². The highest BCUT2D eigenvalue weighted by atomic mass is 35.5. The number of hydrogen-bond acceptors (Lipinski definition) is 6. The van der Waals surface area contributed by atoms with Gasteiger partial charge in [-0.3, -0.25) is 19.7 Å². The summed E-state index contributed by atoms with van der Waals surface area (Å²) in [5.41, 5.74) is 1.61. The number of aromatic nitrogens is 1. The second kappa shape index (κ2) is 6.84. The second-order valence-electron chi connectivity index (χ2n) is 3.06. The van der Waals surface area contributed by atoms with Gasteiger partial charge in [0.15, 0.2) is 0 Å². The van der Waals surface area contributed by atoms with Crippen molar-refractivity contribution in [2.75, 3.05) is 20.3 Å². The molecule has 0 unspecified atom stereocenters. The van der Waals surface area contributed by atoms with Crippen molar-refractivity contribution in [3.05, 3.63) is 33.1 Å². The first kappa shape index (κ1) is 14.3. The quantitative estimate of drug-likeness (QED) is 0.359. The molecule has 0 atom stereocenters. The van der Waals surface area contributed by atoms with Crippen molar-refractivity contribution in [3.8, 4) is 0 Å². The van der Waals surface area contributed by atoms with E-state index in [4.69, 9.17) is 21.2 Å². The maximum absolute atomic E-state index is 11.6. The number of nitrogens with one attached hydrogen (secondary N) is 1. The Balaban J connectivity index is 2.72. The molecule has 8 nitrogen and oxygen atoms in total. The smallest absolute Gasteiger partial charge is 0.288 e. The number of hydrogen-bond donors (Lipinski definition) is 1. The lowest BCUT2D eigenvalue weighted by atomic mass is 10.2. The fourth-order valence-electron chi connectivity index (χ4n) is 0.993. The Morgan fingerprint density at radius 1 is 1.61 bits per heavy atom. The molecule has 98 valence electrons. The lowest BCUT2D eigenvalue weighted by Gasteiger charge is -2.06. The van der Waals surface area contributed by atoms with Crippen LogP contribution in [0.2, 0.25) is 5.15 Å². The number of carbonyl (C=O) groups excluding carboxylic acids is 1. The van der Waals surface area contributed by atoms with Gasteiger partial charge in [-0.1, -0.05) is 11.6 Å². The molecule has 1 heterocycles. The minimum absolute atomic E-state index is 0.136. The second-order valence-corrected chi connectivity index (χ2v) is 3.42. The molecular weight excluding hydrogens is 266 g/mol. The van der Waals surface area contributed by atoms with E-state index >= 15 is 0 Å². The third kappa shape index (κ3) is 3.91. The van der Waals surface area contributed by atoms with Crippen LogP contribution in [0.3, 0.4) is 0 Å². The van der Waals surface area contributed by atoms with Gasteiger partial charge in [0.25, 0.3) is 11.6 Å². The molecule has 0 saturated heterocycles. The number of pyridine rings is 1. The van der Waals surface area contributed by atoms with E-state index in [1.54, 1.807) is 0 Å². The summed E-state index contributed by atoms with van der Waals surface area (Å²) >= 11 is 5.66. The highest BCUT2D eigenvalue weighted by Gasteiger charge is 2.17. The Morgan fingerprint density at radius 2 is 2.33 bits per heavy atom. The zero-order chi connectivity index (χ0) is 13.5. The first-order chi connectivity index (χ1) is 8.56. The Labute approximate surface area is 107 Å². The van der Waals surface area contributed by atoms with Crippen molar-refractivity contribution in [1.82, 2.24) is 10.5 Å². The van der Waals surface area contributed by atoms with E-state index in [1.165, 1.54) is 7.11 Å². The molecular formula is C9H10ClN3O5. The van der Waals surface area contributed by atoms with Crippen molar-refractivity contribution in [1.29, 1.82) is 0 Å². The first-order valence-electron chi connectivity index (χ1n) is 4.77. The molecule has 1 N–H and O–H groups in total. The first-order valence-corrected chi connectivity index (χ1v) is 5.15. The fraction of sp³-hybridized carbons (Fsp3) is 0.333. The number of halogens is 1. The number of rotatable bonds is 6. The van der Waals surface area contributed by atoms with Crippen LogP contribution in [0.25, 0.3) is 0 Å². The van der Waals surface area contributed by atoms with Crippen molar-refractivity contribution in [2.45, 2.75) is 0 Å². The Morgan fingerprint density at radius 3 is 2.94 bits per heavy atom. The molecule has 0 radical (unpaired) electrons. The molecule has 0 spiro atoms. The van der Waals surface area contributed by atoms with Crippen LogP contribution in [0, 0.1) is 10.1 Å². The number of ether oxygens (including phenoxy) is 1. The van der Waals surface area contributed by atoms with Crippen molar-refractivity contribution in [3.63, 3.8) is 0 Å². The molecule has 9 heteroatoms. The van der Waals surface area contributed by atoms with Gasteiger partial charge in [0.2, 0.25) is 0 Å². The van der Waals surface area contributed by atoms with Gasteiger partial charge in [0.1, 0.15) is 11.3 Å². The summed E-state index contributed by atoms with van der Waals surface area (Å²) in [5.74, 6) is -0.715. The van der Waals surface area contributed by atoms with Crippen LogP contribution in [0.15, 0.2) is 12.3 Å². The Kier molecular flexibility index (Phi) is 5.43. The highest BCUT2D eigenvalue weighted by molar-refractivity contribution is 6.32. The molecule has 0 saturated carbocycles.